The predicted molar refractivity (Wildman–Crippen MR) is 117 cm³/mol. The summed E-state index contributed by atoms with van der Waals surface area (Å²) in [5.74, 6) is 1.22. The molecule has 0 aliphatic heterocycles. The van der Waals surface area contributed by atoms with Crippen molar-refractivity contribution in [3.05, 3.63) is 66.7 Å². The van der Waals surface area contributed by atoms with Gasteiger partial charge < -0.3 is 10.1 Å². The monoisotopic (exact) mass is 419 g/mol. The lowest BCUT2D eigenvalue weighted by atomic mass is 10.2. The number of rotatable bonds is 8. The van der Waals surface area contributed by atoms with Gasteiger partial charge in [0, 0.05) is 12.1 Å². The van der Waals surface area contributed by atoms with E-state index in [1.54, 1.807) is 44.4 Å². The predicted octanol–water partition coefficient (Wildman–Crippen LogP) is 4.13. The molecular weight excluding hydrogens is 398 g/mol. The van der Waals surface area contributed by atoms with Crippen molar-refractivity contribution in [3.8, 4) is 23.2 Å². The van der Waals surface area contributed by atoms with Gasteiger partial charge >= 0.3 is 0 Å². The molecule has 7 nitrogen and oxygen atoms in total. The number of aromatic nitrogens is 3. The first-order valence-electron chi connectivity index (χ1n) is 9.22. The summed E-state index contributed by atoms with van der Waals surface area (Å²) in [7, 11) is 1.62. The highest BCUT2D eigenvalue weighted by Crippen LogP contribution is 2.28. The lowest BCUT2D eigenvalue weighted by molar-refractivity contribution is -0.115. The summed E-state index contributed by atoms with van der Waals surface area (Å²) in [6.45, 7) is 6.10. The van der Waals surface area contributed by atoms with Gasteiger partial charge in [-0.2, -0.15) is 5.26 Å². The van der Waals surface area contributed by atoms with E-state index >= 15 is 0 Å². The molecule has 0 saturated heterocycles. The van der Waals surface area contributed by atoms with Crippen LogP contribution >= 0.6 is 11.8 Å². The van der Waals surface area contributed by atoms with Crippen LogP contribution in [0.4, 0.5) is 5.69 Å². The highest BCUT2D eigenvalue weighted by molar-refractivity contribution is 8.00. The molecule has 1 aromatic heterocycles. The second-order valence-electron chi connectivity index (χ2n) is 6.34. The van der Waals surface area contributed by atoms with Crippen molar-refractivity contribution < 1.29 is 9.53 Å². The topological polar surface area (TPSA) is 92.8 Å². The normalized spacial score (nSPS) is 11.4. The van der Waals surface area contributed by atoms with Crippen molar-refractivity contribution in [2.24, 2.45) is 0 Å². The summed E-state index contributed by atoms with van der Waals surface area (Å²) < 4.78 is 7.11. The van der Waals surface area contributed by atoms with Gasteiger partial charge in [0.2, 0.25) is 5.91 Å². The van der Waals surface area contributed by atoms with Crippen molar-refractivity contribution in [3.63, 3.8) is 0 Å². The number of hydrogen-bond acceptors (Lipinski definition) is 6. The van der Waals surface area contributed by atoms with E-state index < -0.39 is 5.25 Å². The first-order chi connectivity index (χ1) is 14.6. The van der Waals surface area contributed by atoms with Crippen LogP contribution in [0, 0.1) is 11.3 Å². The Balaban J connectivity index is 1.80. The molecule has 152 valence electrons. The third-order valence-corrected chi connectivity index (χ3v) is 5.41. The average Bonchev–Trinajstić information content (AvgIpc) is 3.16. The van der Waals surface area contributed by atoms with E-state index in [1.165, 1.54) is 11.8 Å². The molecule has 8 heteroatoms. The zero-order valence-electron chi connectivity index (χ0n) is 16.7. The minimum Gasteiger partial charge on any atom is -0.497 e. The van der Waals surface area contributed by atoms with Gasteiger partial charge in [-0.1, -0.05) is 30.0 Å². The number of nitrogens with one attached hydrogen (secondary N) is 1. The molecule has 1 atom stereocenters. The zero-order chi connectivity index (χ0) is 21.5. The molecule has 0 aliphatic rings. The van der Waals surface area contributed by atoms with E-state index in [1.807, 2.05) is 28.8 Å². The summed E-state index contributed by atoms with van der Waals surface area (Å²) in [4.78, 5) is 12.7. The maximum absolute atomic E-state index is 12.7. The number of carbonyl (C=O) groups excluding carboxylic acids is 1. The van der Waals surface area contributed by atoms with Crippen LogP contribution in [-0.4, -0.2) is 33.0 Å². The van der Waals surface area contributed by atoms with E-state index in [2.05, 4.69) is 28.2 Å². The molecule has 2 aromatic carbocycles. The molecule has 0 bridgehead atoms. The summed E-state index contributed by atoms with van der Waals surface area (Å²) in [6.07, 6.45) is 1.76. The van der Waals surface area contributed by atoms with Gasteiger partial charge in [0.05, 0.1) is 23.6 Å². The van der Waals surface area contributed by atoms with Crippen LogP contribution in [0.2, 0.25) is 0 Å². The minimum atomic E-state index is -0.451. The maximum atomic E-state index is 12.7. The Labute approximate surface area is 179 Å². The molecule has 0 unspecified atom stereocenters. The second kappa shape index (κ2) is 9.76. The van der Waals surface area contributed by atoms with Crippen LogP contribution in [-0.2, 0) is 11.3 Å². The molecule has 1 N–H and O–H groups in total. The van der Waals surface area contributed by atoms with Crippen LogP contribution < -0.4 is 10.1 Å². The minimum absolute atomic E-state index is 0.221. The summed E-state index contributed by atoms with van der Waals surface area (Å²) in [5.41, 5.74) is 1.79. The number of nitrogens with zero attached hydrogens (tertiary/aromatic N) is 4. The van der Waals surface area contributed by atoms with Crippen molar-refractivity contribution in [2.75, 3.05) is 12.4 Å². The van der Waals surface area contributed by atoms with E-state index in [4.69, 9.17) is 4.74 Å². The summed E-state index contributed by atoms with van der Waals surface area (Å²) in [6, 6.07) is 16.5. The van der Waals surface area contributed by atoms with Crippen molar-refractivity contribution in [1.82, 2.24) is 14.8 Å². The van der Waals surface area contributed by atoms with Gasteiger partial charge in [-0.3, -0.25) is 9.36 Å². The fourth-order valence-corrected chi connectivity index (χ4v) is 3.62. The average molecular weight is 420 g/mol. The number of nitriles is 1. The smallest absolute Gasteiger partial charge is 0.237 e. The molecule has 1 heterocycles. The van der Waals surface area contributed by atoms with Gasteiger partial charge in [0.25, 0.3) is 0 Å². The number of thioether (sulfide) groups is 1. The van der Waals surface area contributed by atoms with Gasteiger partial charge in [-0.05, 0) is 43.3 Å². The number of benzene rings is 2. The van der Waals surface area contributed by atoms with Crippen LogP contribution in [0.1, 0.15) is 12.5 Å². The lowest BCUT2D eigenvalue weighted by Gasteiger charge is -2.13. The molecule has 0 radical (unpaired) electrons. The Morgan fingerprint density at radius 3 is 2.70 bits per heavy atom. The van der Waals surface area contributed by atoms with Gasteiger partial charge in [-0.25, -0.2) is 0 Å². The first kappa shape index (κ1) is 21.1. The standard InChI is InChI=1S/C22H21N5O2S/c1-4-13-27-20(16-9-11-18(29-3)12-10-16)25-26-22(27)30-15(2)21(28)24-19-8-6-5-7-17(19)14-23/h4-12,15H,1,13H2,2-3H3,(H,24,28)/t15-/m0/s1. The van der Waals surface area contributed by atoms with Crippen molar-refractivity contribution in [2.45, 2.75) is 23.9 Å². The van der Waals surface area contributed by atoms with Crippen molar-refractivity contribution >= 4 is 23.4 Å². The molecule has 0 fully saturated rings. The molecular formula is C22H21N5O2S. The number of ether oxygens (including phenoxy) is 1. The second-order valence-corrected chi connectivity index (χ2v) is 7.65. The number of anilines is 1. The first-order valence-corrected chi connectivity index (χ1v) is 10.1. The van der Waals surface area contributed by atoms with Gasteiger partial charge in [0.1, 0.15) is 11.8 Å². The number of methoxy groups -OCH3 is 1. The molecule has 0 aliphatic carbocycles. The Bertz CT molecular complexity index is 1090. The number of hydrogen-bond donors (Lipinski definition) is 1. The lowest BCUT2D eigenvalue weighted by Crippen LogP contribution is -2.23. The summed E-state index contributed by atoms with van der Waals surface area (Å²) in [5, 5.41) is 20.8. The maximum Gasteiger partial charge on any atom is 0.237 e. The third kappa shape index (κ3) is 4.70. The van der Waals surface area contributed by atoms with Crippen LogP contribution in [0.15, 0.2) is 66.3 Å². The summed E-state index contributed by atoms with van der Waals surface area (Å²) >= 11 is 1.30. The highest BCUT2D eigenvalue weighted by Gasteiger charge is 2.21. The highest BCUT2D eigenvalue weighted by atomic mass is 32.2. The van der Waals surface area contributed by atoms with E-state index in [9.17, 15) is 10.1 Å². The Morgan fingerprint density at radius 1 is 1.30 bits per heavy atom. The number of para-hydroxylation sites is 1. The van der Waals surface area contributed by atoms with Crippen molar-refractivity contribution in [1.29, 1.82) is 5.26 Å². The molecule has 3 rings (SSSR count). The fraction of sp³-hybridized carbons (Fsp3) is 0.182. The SMILES string of the molecule is C=CCn1c(S[C@@H](C)C(=O)Nc2ccccc2C#N)nnc1-c1ccc(OC)cc1. The van der Waals surface area contributed by atoms with E-state index in [0.717, 1.165) is 11.3 Å². The number of carbonyl (C=O) groups is 1. The molecule has 30 heavy (non-hydrogen) atoms. The molecule has 3 aromatic rings. The Morgan fingerprint density at radius 2 is 2.03 bits per heavy atom. The Hall–Kier alpha value is -3.57. The third-order valence-electron chi connectivity index (χ3n) is 4.33. The van der Waals surface area contributed by atoms with Gasteiger partial charge in [-0.15, -0.1) is 16.8 Å². The molecule has 0 spiro atoms. The zero-order valence-corrected chi connectivity index (χ0v) is 17.5. The largest absolute Gasteiger partial charge is 0.497 e. The van der Waals surface area contributed by atoms with E-state index in [0.29, 0.717) is 28.8 Å². The van der Waals surface area contributed by atoms with Crippen LogP contribution in [0.5, 0.6) is 5.75 Å². The quantitative estimate of drug-likeness (QED) is 0.436. The van der Waals surface area contributed by atoms with E-state index in [-0.39, 0.29) is 5.91 Å². The molecule has 0 saturated carbocycles. The van der Waals surface area contributed by atoms with Crippen LogP contribution in [0.25, 0.3) is 11.4 Å². The number of allylic oxidation sites excluding steroid dienone is 1. The van der Waals surface area contributed by atoms with Crippen LogP contribution in [0.3, 0.4) is 0 Å². The van der Waals surface area contributed by atoms with Gasteiger partial charge in [0.15, 0.2) is 11.0 Å². The number of amides is 1. The Kier molecular flexibility index (Phi) is 6.88. The molecule has 1 amide bonds. The fourth-order valence-electron chi connectivity index (χ4n) is 2.76.